The van der Waals surface area contributed by atoms with E-state index in [9.17, 15) is 9.59 Å². The van der Waals surface area contributed by atoms with Gasteiger partial charge in [-0.15, -0.1) is 0 Å². The van der Waals surface area contributed by atoms with Gasteiger partial charge < -0.3 is 10.1 Å². The van der Waals surface area contributed by atoms with Crippen molar-refractivity contribution in [2.45, 2.75) is 45.3 Å². The molecular weight excluding hydrogens is 318 g/mol. The minimum Gasteiger partial charge on any atom is -0.444 e. The summed E-state index contributed by atoms with van der Waals surface area (Å²) in [5, 5.41) is 3.83. The Hall–Kier alpha value is -2.63. The molecule has 2 amide bonds. The molecule has 0 unspecified atom stereocenters. The second-order valence-corrected chi connectivity index (χ2v) is 7.24. The number of carbonyl (C=O) groups excluding carboxylic acids is 2. The number of nitrogens with one attached hydrogen (secondary N) is 1. The van der Waals surface area contributed by atoms with Crippen LogP contribution in [0.15, 0.2) is 36.5 Å². The van der Waals surface area contributed by atoms with Crippen LogP contribution in [0.4, 0.5) is 10.5 Å². The number of anilines is 1. The maximum atomic E-state index is 12.6. The van der Waals surface area contributed by atoms with Crippen molar-refractivity contribution >= 4 is 28.6 Å². The highest BCUT2D eigenvalue weighted by atomic mass is 16.6. The number of fused-ring (bicyclic) bond motifs is 1. The maximum Gasteiger partial charge on any atom is 0.410 e. The lowest BCUT2D eigenvalue weighted by Gasteiger charge is -2.28. The van der Waals surface area contributed by atoms with Crippen LogP contribution in [0.1, 0.15) is 33.6 Å². The average molecular weight is 341 g/mol. The number of hydrogen-bond donors (Lipinski definition) is 1. The molecule has 1 saturated heterocycles. The summed E-state index contributed by atoms with van der Waals surface area (Å²) in [6, 6.07) is 9.08. The molecule has 1 fully saturated rings. The molecule has 1 aliphatic rings. The van der Waals surface area contributed by atoms with Crippen molar-refractivity contribution in [3.63, 3.8) is 0 Å². The first-order chi connectivity index (χ1) is 11.8. The zero-order chi connectivity index (χ0) is 18.0. The Morgan fingerprint density at radius 1 is 1.28 bits per heavy atom. The minimum atomic E-state index is -0.580. The van der Waals surface area contributed by atoms with Gasteiger partial charge in [-0.05, 0) is 45.7 Å². The van der Waals surface area contributed by atoms with Crippen LogP contribution < -0.4 is 5.32 Å². The van der Waals surface area contributed by atoms with Crippen LogP contribution >= 0.6 is 0 Å². The van der Waals surface area contributed by atoms with Gasteiger partial charge in [0, 0.05) is 11.9 Å². The van der Waals surface area contributed by atoms with E-state index in [1.807, 2.05) is 51.1 Å². The number of para-hydroxylation sites is 1. The van der Waals surface area contributed by atoms with E-state index in [4.69, 9.17) is 4.74 Å². The SMILES string of the molecule is CC(C)(C)OC(=O)N1CCC[C@H]1C(=O)Nc1cnc2ccccc2c1. The van der Waals surface area contributed by atoms with Gasteiger partial charge >= 0.3 is 6.09 Å². The first-order valence-corrected chi connectivity index (χ1v) is 8.49. The van der Waals surface area contributed by atoms with Gasteiger partial charge in [-0.2, -0.15) is 0 Å². The molecule has 2 aromatic rings. The lowest BCUT2D eigenvalue weighted by Crippen LogP contribution is -2.45. The van der Waals surface area contributed by atoms with Gasteiger partial charge in [-0.3, -0.25) is 14.7 Å². The highest BCUT2D eigenvalue weighted by molar-refractivity contribution is 5.98. The van der Waals surface area contributed by atoms with E-state index < -0.39 is 17.7 Å². The van der Waals surface area contributed by atoms with E-state index in [-0.39, 0.29) is 5.91 Å². The van der Waals surface area contributed by atoms with E-state index >= 15 is 0 Å². The molecule has 1 aromatic heterocycles. The summed E-state index contributed by atoms with van der Waals surface area (Å²) in [6.07, 6.45) is 2.61. The number of carbonyl (C=O) groups is 2. The Morgan fingerprint density at radius 2 is 2.04 bits per heavy atom. The van der Waals surface area contributed by atoms with Crippen molar-refractivity contribution < 1.29 is 14.3 Å². The molecule has 6 heteroatoms. The third-order valence-electron chi connectivity index (χ3n) is 4.04. The van der Waals surface area contributed by atoms with E-state index in [2.05, 4.69) is 10.3 Å². The fraction of sp³-hybridized carbons (Fsp3) is 0.421. The molecule has 0 aliphatic carbocycles. The molecule has 25 heavy (non-hydrogen) atoms. The molecule has 0 bridgehead atoms. The number of amides is 2. The van der Waals surface area contributed by atoms with Crippen molar-refractivity contribution in [2.24, 2.45) is 0 Å². The topological polar surface area (TPSA) is 71.5 Å². The number of benzene rings is 1. The zero-order valence-electron chi connectivity index (χ0n) is 14.8. The highest BCUT2D eigenvalue weighted by Gasteiger charge is 2.36. The van der Waals surface area contributed by atoms with Crippen molar-refractivity contribution in [3.8, 4) is 0 Å². The zero-order valence-corrected chi connectivity index (χ0v) is 14.8. The Labute approximate surface area is 147 Å². The Balaban J connectivity index is 1.71. The van der Waals surface area contributed by atoms with Crippen LogP contribution in [-0.2, 0) is 9.53 Å². The first-order valence-electron chi connectivity index (χ1n) is 8.49. The lowest BCUT2D eigenvalue weighted by molar-refractivity contribution is -0.120. The molecule has 1 atom stereocenters. The number of rotatable bonds is 2. The van der Waals surface area contributed by atoms with E-state index in [0.29, 0.717) is 18.7 Å². The van der Waals surface area contributed by atoms with Crippen LogP contribution in [0, 0.1) is 0 Å². The number of pyridine rings is 1. The average Bonchev–Trinajstić information content (AvgIpc) is 3.03. The fourth-order valence-electron chi connectivity index (χ4n) is 2.94. The van der Waals surface area contributed by atoms with Gasteiger partial charge in [0.2, 0.25) is 5.91 Å². The minimum absolute atomic E-state index is 0.208. The van der Waals surface area contributed by atoms with E-state index in [0.717, 1.165) is 17.3 Å². The molecule has 132 valence electrons. The normalized spacial score (nSPS) is 17.6. The summed E-state index contributed by atoms with van der Waals surface area (Å²) in [7, 11) is 0. The molecule has 0 radical (unpaired) electrons. The van der Waals surface area contributed by atoms with Crippen LogP contribution in [0.25, 0.3) is 10.9 Å². The van der Waals surface area contributed by atoms with Crippen LogP contribution in [0.5, 0.6) is 0 Å². The predicted octanol–water partition coefficient (Wildman–Crippen LogP) is 3.57. The summed E-state index contributed by atoms with van der Waals surface area (Å²) < 4.78 is 5.40. The largest absolute Gasteiger partial charge is 0.444 e. The number of likely N-dealkylation sites (tertiary alicyclic amines) is 1. The fourth-order valence-corrected chi connectivity index (χ4v) is 2.94. The van der Waals surface area contributed by atoms with Crippen molar-refractivity contribution in [3.05, 3.63) is 36.5 Å². The number of aromatic nitrogens is 1. The van der Waals surface area contributed by atoms with Gasteiger partial charge in [0.25, 0.3) is 0 Å². The predicted molar refractivity (Wildman–Crippen MR) is 96.3 cm³/mol. The summed E-state index contributed by atoms with van der Waals surface area (Å²) >= 11 is 0. The van der Waals surface area contributed by atoms with Crippen molar-refractivity contribution in [1.82, 2.24) is 9.88 Å². The smallest absolute Gasteiger partial charge is 0.410 e. The molecular formula is C19H23N3O3. The third-order valence-corrected chi connectivity index (χ3v) is 4.04. The first kappa shape index (κ1) is 17.2. The van der Waals surface area contributed by atoms with Crippen LogP contribution in [0.3, 0.4) is 0 Å². The van der Waals surface area contributed by atoms with Gasteiger partial charge in [0.05, 0.1) is 17.4 Å². The number of ether oxygens (including phenoxy) is 1. The molecule has 1 aliphatic heterocycles. The lowest BCUT2D eigenvalue weighted by atomic mass is 10.2. The summed E-state index contributed by atoms with van der Waals surface area (Å²) in [6.45, 7) is 5.98. The molecule has 1 N–H and O–H groups in total. The Kier molecular flexibility index (Phi) is 4.61. The highest BCUT2D eigenvalue weighted by Crippen LogP contribution is 2.23. The van der Waals surface area contributed by atoms with Gasteiger partial charge in [-0.1, -0.05) is 18.2 Å². The van der Waals surface area contributed by atoms with Gasteiger partial charge in [0.15, 0.2) is 0 Å². The Morgan fingerprint density at radius 3 is 2.80 bits per heavy atom. The second kappa shape index (κ2) is 6.70. The number of hydrogen-bond acceptors (Lipinski definition) is 4. The molecule has 0 saturated carbocycles. The standard InChI is InChI=1S/C19H23N3O3/c1-19(2,3)25-18(24)22-10-6-9-16(22)17(23)21-14-11-13-7-4-5-8-15(13)20-12-14/h4-5,7-8,11-12,16H,6,9-10H2,1-3H3,(H,21,23)/t16-/m0/s1. The van der Waals surface area contributed by atoms with E-state index in [1.54, 1.807) is 6.20 Å². The molecule has 6 nitrogen and oxygen atoms in total. The van der Waals surface area contributed by atoms with Gasteiger partial charge in [0.1, 0.15) is 11.6 Å². The third kappa shape index (κ3) is 4.07. The Bertz CT molecular complexity index is 798. The van der Waals surface area contributed by atoms with Crippen LogP contribution in [-0.4, -0.2) is 40.1 Å². The summed E-state index contributed by atoms with van der Waals surface area (Å²) in [4.78, 5) is 30.8. The summed E-state index contributed by atoms with van der Waals surface area (Å²) in [5.74, 6) is -0.208. The van der Waals surface area contributed by atoms with Gasteiger partial charge in [-0.25, -0.2) is 4.79 Å². The molecule has 0 spiro atoms. The second-order valence-electron chi connectivity index (χ2n) is 7.24. The molecule has 2 heterocycles. The molecule has 3 rings (SSSR count). The summed E-state index contributed by atoms with van der Waals surface area (Å²) in [5.41, 5.74) is 0.916. The van der Waals surface area contributed by atoms with Crippen molar-refractivity contribution in [2.75, 3.05) is 11.9 Å². The monoisotopic (exact) mass is 341 g/mol. The quantitative estimate of drug-likeness (QED) is 0.906. The van der Waals surface area contributed by atoms with Crippen molar-refractivity contribution in [1.29, 1.82) is 0 Å². The number of nitrogens with zero attached hydrogens (tertiary/aromatic N) is 2. The van der Waals surface area contributed by atoms with Crippen LogP contribution in [0.2, 0.25) is 0 Å². The van der Waals surface area contributed by atoms with E-state index in [1.165, 1.54) is 4.90 Å². The molecule has 1 aromatic carbocycles. The maximum absolute atomic E-state index is 12.6.